The molecule has 2 unspecified atom stereocenters. The third-order valence-electron chi connectivity index (χ3n) is 3.81. The van der Waals surface area contributed by atoms with E-state index >= 15 is 0 Å². The number of carbonyl (C=O) groups is 1. The Morgan fingerprint density at radius 2 is 2.19 bits per heavy atom. The Morgan fingerprint density at radius 1 is 1.44 bits per heavy atom. The summed E-state index contributed by atoms with van der Waals surface area (Å²) in [6.07, 6.45) is 4.17. The maximum absolute atomic E-state index is 11.6. The van der Waals surface area contributed by atoms with Crippen LogP contribution in [0.15, 0.2) is 0 Å². The lowest BCUT2D eigenvalue weighted by Crippen LogP contribution is -2.40. The third-order valence-corrected chi connectivity index (χ3v) is 3.81. The fourth-order valence-electron chi connectivity index (χ4n) is 2.52. The molecule has 2 rings (SSSR count). The molecule has 2 fully saturated rings. The van der Waals surface area contributed by atoms with Gasteiger partial charge in [-0.05, 0) is 31.7 Å². The monoisotopic (exact) mass is 225 g/mol. The average molecular weight is 225 g/mol. The summed E-state index contributed by atoms with van der Waals surface area (Å²) in [5.41, 5.74) is 5.77. The van der Waals surface area contributed by atoms with Crippen LogP contribution < -0.4 is 11.1 Å². The van der Waals surface area contributed by atoms with Gasteiger partial charge in [-0.3, -0.25) is 9.69 Å². The van der Waals surface area contributed by atoms with Crippen molar-refractivity contribution in [3.63, 3.8) is 0 Å². The molecule has 1 heterocycles. The maximum atomic E-state index is 11.6. The van der Waals surface area contributed by atoms with Crippen molar-refractivity contribution in [1.82, 2.24) is 10.2 Å². The summed E-state index contributed by atoms with van der Waals surface area (Å²) in [5, 5.41) is 3.03. The molecule has 1 aliphatic carbocycles. The van der Waals surface area contributed by atoms with Gasteiger partial charge in [0.25, 0.3) is 0 Å². The van der Waals surface area contributed by atoms with Gasteiger partial charge in [-0.15, -0.1) is 0 Å². The van der Waals surface area contributed by atoms with Crippen LogP contribution in [0.25, 0.3) is 0 Å². The van der Waals surface area contributed by atoms with Crippen molar-refractivity contribution in [2.24, 2.45) is 11.7 Å². The molecule has 1 amide bonds. The van der Waals surface area contributed by atoms with Gasteiger partial charge in [-0.1, -0.05) is 6.92 Å². The minimum absolute atomic E-state index is 0.206. The van der Waals surface area contributed by atoms with Gasteiger partial charge in [0.15, 0.2) is 0 Å². The number of nitrogens with one attached hydrogen (secondary N) is 1. The second-order valence-electron chi connectivity index (χ2n) is 5.20. The summed E-state index contributed by atoms with van der Waals surface area (Å²) in [6, 6.07) is 0.962. The Kier molecular flexibility index (Phi) is 3.82. The van der Waals surface area contributed by atoms with Gasteiger partial charge in [0.05, 0.1) is 0 Å². The number of rotatable bonds is 5. The van der Waals surface area contributed by atoms with Gasteiger partial charge >= 0.3 is 0 Å². The van der Waals surface area contributed by atoms with Crippen molar-refractivity contribution >= 4 is 5.91 Å². The first-order chi connectivity index (χ1) is 7.70. The van der Waals surface area contributed by atoms with Crippen LogP contribution in [-0.4, -0.2) is 42.5 Å². The molecule has 1 saturated carbocycles. The lowest BCUT2D eigenvalue weighted by Gasteiger charge is -2.25. The van der Waals surface area contributed by atoms with Gasteiger partial charge in [-0.25, -0.2) is 0 Å². The summed E-state index contributed by atoms with van der Waals surface area (Å²) in [4.78, 5) is 13.9. The quantitative estimate of drug-likeness (QED) is 0.708. The van der Waals surface area contributed by atoms with Gasteiger partial charge in [0.2, 0.25) is 5.91 Å². The van der Waals surface area contributed by atoms with Crippen molar-refractivity contribution in [1.29, 1.82) is 0 Å². The summed E-state index contributed by atoms with van der Waals surface area (Å²) < 4.78 is 0. The van der Waals surface area contributed by atoms with E-state index in [0.717, 1.165) is 25.9 Å². The van der Waals surface area contributed by atoms with Crippen LogP contribution >= 0.6 is 0 Å². The molecule has 0 aromatic carbocycles. The van der Waals surface area contributed by atoms with Gasteiger partial charge in [0, 0.05) is 31.6 Å². The van der Waals surface area contributed by atoms with Crippen LogP contribution in [0.4, 0.5) is 0 Å². The second-order valence-corrected chi connectivity index (χ2v) is 5.20. The first-order valence-electron chi connectivity index (χ1n) is 6.44. The number of amides is 1. The van der Waals surface area contributed by atoms with Gasteiger partial charge in [-0.2, -0.15) is 0 Å². The van der Waals surface area contributed by atoms with Crippen LogP contribution in [-0.2, 0) is 4.79 Å². The summed E-state index contributed by atoms with van der Waals surface area (Å²) >= 11 is 0. The first kappa shape index (κ1) is 11.9. The zero-order valence-electron chi connectivity index (χ0n) is 10.1. The van der Waals surface area contributed by atoms with E-state index in [1.165, 1.54) is 6.42 Å². The molecule has 0 aromatic rings. The van der Waals surface area contributed by atoms with E-state index in [9.17, 15) is 4.79 Å². The van der Waals surface area contributed by atoms with Crippen LogP contribution in [0.3, 0.4) is 0 Å². The molecule has 16 heavy (non-hydrogen) atoms. The Bertz CT molecular complexity index is 253. The molecular weight excluding hydrogens is 202 g/mol. The van der Waals surface area contributed by atoms with E-state index in [0.29, 0.717) is 31.0 Å². The molecule has 3 N–H and O–H groups in total. The number of hydrogen-bond acceptors (Lipinski definition) is 3. The maximum Gasteiger partial charge on any atom is 0.221 e. The lowest BCUT2D eigenvalue weighted by atomic mass is 10.0. The molecule has 0 spiro atoms. The number of hydrogen-bond donors (Lipinski definition) is 2. The van der Waals surface area contributed by atoms with Crippen molar-refractivity contribution < 1.29 is 4.79 Å². The Hall–Kier alpha value is -0.610. The van der Waals surface area contributed by atoms with E-state index < -0.39 is 0 Å². The van der Waals surface area contributed by atoms with Gasteiger partial charge in [0.1, 0.15) is 0 Å². The Morgan fingerprint density at radius 3 is 2.81 bits per heavy atom. The summed E-state index contributed by atoms with van der Waals surface area (Å²) in [6.45, 7) is 4.93. The van der Waals surface area contributed by atoms with Crippen molar-refractivity contribution in [3.8, 4) is 0 Å². The molecule has 0 bridgehead atoms. The normalized spacial score (nSPS) is 30.6. The molecule has 2 atom stereocenters. The third kappa shape index (κ3) is 2.95. The van der Waals surface area contributed by atoms with Crippen LogP contribution in [0, 0.1) is 5.92 Å². The van der Waals surface area contributed by atoms with E-state index in [1.807, 2.05) is 0 Å². The van der Waals surface area contributed by atoms with Crippen molar-refractivity contribution in [3.05, 3.63) is 0 Å². The zero-order chi connectivity index (χ0) is 11.5. The average Bonchev–Trinajstić information content (AvgIpc) is 2.98. The van der Waals surface area contributed by atoms with Crippen LogP contribution in [0.5, 0.6) is 0 Å². The molecule has 0 radical (unpaired) electrons. The van der Waals surface area contributed by atoms with Gasteiger partial charge < -0.3 is 11.1 Å². The first-order valence-corrected chi connectivity index (χ1v) is 6.44. The molecule has 1 saturated heterocycles. The highest BCUT2D eigenvalue weighted by molar-refractivity contribution is 5.76. The number of likely N-dealkylation sites (tertiary alicyclic amines) is 1. The minimum Gasteiger partial charge on any atom is -0.353 e. The fourth-order valence-corrected chi connectivity index (χ4v) is 2.52. The standard InChI is InChI=1S/C12H23N3O/c1-9-4-6-15(11(9)8-13)7-5-12(16)14-10-2-3-10/h9-11H,2-8,13H2,1H3,(H,14,16). The van der Waals surface area contributed by atoms with Crippen LogP contribution in [0.1, 0.15) is 32.6 Å². The molecule has 4 heteroatoms. The summed E-state index contributed by atoms with van der Waals surface area (Å²) in [5.74, 6) is 0.884. The highest BCUT2D eigenvalue weighted by Gasteiger charge is 2.30. The molecule has 92 valence electrons. The predicted octanol–water partition coefficient (Wildman–Crippen LogP) is 0.324. The lowest BCUT2D eigenvalue weighted by molar-refractivity contribution is -0.121. The molecule has 4 nitrogen and oxygen atoms in total. The molecule has 0 aromatic heterocycles. The van der Waals surface area contributed by atoms with E-state index in [4.69, 9.17) is 5.73 Å². The van der Waals surface area contributed by atoms with E-state index in [1.54, 1.807) is 0 Å². The van der Waals surface area contributed by atoms with E-state index in [2.05, 4.69) is 17.1 Å². The highest BCUT2D eigenvalue weighted by Crippen LogP contribution is 2.23. The van der Waals surface area contributed by atoms with Crippen molar-refractivity contribution in [2.75, 3.05) is 19.6 Å². The fraction of sp³-hybridized carbons (Fsp3) is 0.917. The smallest absolute Gasteiger partial charge is 0.221 e. The summed E-state index contributed by atoms with van der Waals surface area (Å²) in [7, 11) is 0. The topological polar surface area (TPSA) is 58.4 Å². The number of nitrogens with zero attached hydrogens (tertiary/aromatic N) is 1. The highest BCUT2D eigenvalue weighted by atomic mass is 16.1. The predicted molar refractivity (Wildman–Crippen MR) is 64.0 cm³/mol. The number of carbonyl (C=O) groups excluding carboxylic acids is 1. The molecular formula is C12H23N3O. The Balaban J connectivity index is 1.70. The molecule has 1 aliphatic heterocycles. The molecule has 2 aliphatic rings. The zero-order valence-corrected chi connectivity index (χ0v) is 10.1. The second kappa shape index (κ2) is 5.15. The van der Waals surface area contributed by atoms with Crippen molar-refractivity contribution in [2.45, 2.75) is 44.7 Å². The SMILES string of the molecule is CC1CCN(CCC(=O)NC2CC2)C1CN. The minimum atomic E-state index is 0.206. The van der Waals surface area contributed by atoms with Crippen LogP contribution in [0.2, 0.25) is 0 Å². The largest absolute Gasteiger partial charge is 0.353 e. The number of nitrogens with two attached hydrogens (primary N) is 1. The van der Waals surface area contributed by atoms with E-state index in [-0.39, 0.29) is 5.91 Å². The Labute approximate surface area is 97.6 Å².